The first kappa shape index (κ1) is 36.2. The monoisotopic (exact) mass is 715 g/mol. The minimum Gasteiger partial charge on any atom is -0.539 e. The molecule has 7 aromatic carbocycles. The molecular weight excluding hydrogens is 668 g/mol. The van der Waals surface area contributed by atoms with Crippen molar-refractivity contribution < 1.29 is 9.68 Å². The molecule has 1 aliphatic heterocycles. The van der Waals surface area contributed by atoms with Crippen LogP contribution in [0.4, 0.5) is 17.1 Å². The third kappa shape index (κ3) is 7.01. The largest absolute Gasteiger partial charge is 0.539 e. The van der Waals surface area contributed by atoms with Crippen molar-refractivity contribution in [1.29, 1.82) is 0 Å². The summed E-state index contributed by atoms with van der Waals surface area (Å²) in [6.45, 7) is 13.7. The summed E-state index contributed by atoms with van der Waals surface area (Å²) in [4.78, 5) is 2.36. The van der Waals surface area contributed by atoms with Gasteiger partial charge in [-0.3, -0.25) is 0 Å². The molecule has 0 spiro atoms. The fraction of sp³-hybridized carbons (Fsp3) is 0.160. The van der Waals surface area contributed by atoms with Gasteiger partial charge in [0.25, 0.3) is 0 Å². The Labute approximate surface area is 327 Å². The molecule has 0 saturated carbocycles. The predicted molar refractivity (Wildman–Crippen MR) is 236 cm³/mol. The number of nitrogens with zero attached hydrogens (tertiary/aromatic N) is 1. The highest BCUT2D eigenvalue weighted by molar-refractivity contribution is 6.99. The van der Waals surface area contributed by atoms with Crippen molar-refractivity contribution in [3.63, 3.8) is 0 Å². The Morgan fingerprint density at radius 3 is 1.45 bits per heavy atom. The lowest BCUT2D eigenvalue weighted by Gasteiger charge is -2.31. The molecule has 1 N–H and O–H groups in total. The van der Waals surface area contributed by atoms with Gasteiger partial charge in [0.15, 0.2) is 0 Å². The number of hydrogen-bond acceptors (Lipinski definition) is 3. The van der Waals surface area contributed by atoms with Crippen LogP contribution >= 0.6 is 0 Å². The number of hydrogen-bond donors (Lipinski definition) is 1. The lowest BCUT2D eigenvalue weighted by Crippen LogP contribution is -2.49. The van der Waals surface area contributed by atoms with Crippen molar-refractivity contribution in [2.75, 3.05) is 4.90 Å². The number of benzene rings is 7. The van der Waals surface area contributed by atoms with Crippen molar-refractivity contribution in [2.24, 2.45) is 0 Å². The van der Waals surface area contributed by atoms with E-state index >= 15 is 0 Å². The summed E-state index contributed by atoms with van der Waals surface area (Å²) in [5, 5.41) is 10.2. The first-order valence-corrected chi connectivity index (χ1v) is 19.3. The third-order valence-electron chi connectivity index (χ3n) is 10.9. The summed E-state index contributed by atoms with van der Waals surface area (Å²) in [6, 6.07) is 59.0. The molecule has 0 atom stereocenters. The van der Waals surface area contributed by atoms with Gasteiger partial charge in [-0.1, -0.05) is 191 Å². The summed E-state index contributed by atoms with van der Waals surface area (Å²) >= 11 is 0. The third-order valence-corrected chi connectivity index (χ3v) is 10.9. The molecule has 1 aliphatic rings. The molecule has 3 nitrogen and oxygen atoms in total. The lowest BCUT2D eigenvalue weighted by atomic mass is 9.39. The Morgan fingerprint density at radius 1 is 0.491 bits per heavy atom. The van der Waals surface area contributed by atoms with Gasteiger partial charge in [0.05, 0.1) is 5.69 Å². The van der Waals surface area contributed by atoms with Gasteiger partial charge in [-0.25, -0.2) is 0 Å². The Morgan fingerprint density at radius 2 is 0.982 bits per heavy atom. The van der Waals surface area contributed by atoms with Crippen LogP contribution in [0.5, 0.6) is 5.75 Å². The summed E-state index contributed by atoms with van der Waals surface area (Å²) in [5.41, 5.74) is 16.4. The molecule has 0 bridgehead atoms. The zero-order valence-corrected chi connectivity index (χ0v) is 32.7. The van der Waals surface area contributed by atoms with Gasteiger partial charge in [0, 0.05) is 28.6 Å². The summed E-state index contributed by atoms with van der Waals surface area (Å²) in [6.07, 6.45) is 0. The van der Waals surface area contributed by atoms with Crippen LogP contribution in [0.25, 0.3) is 33.4 Å². The summed E-state index contributed by atoms with van der Waals surface area (Å²) < 4.78 is 6.03. The highest BCUT2D eigenvalue weighted by atomic mass is 16.5. The molecule has 0 fully saturated rings. The van der Waals surface area contributed by atoms with Crippen molar-refractivity contribution in [3.05, 3.63) is 175 Å². The Hall–Kier alpha value is -5.77. The molecular formula is C50H47B2NO2. The maximum Gasteiger partial charge on any atom is 0.504 e. The lowest BCUT2D eigenvalue weighted by molar-refractivity contribution is 0.454. The zero-order valence-electron chi connectivity index (χ0n) is 32.7. The van der Waals surface area contributed by atoms with E-state index in [1.54, 1.807) is 0 Å². The highest BCUT2D eigenvalue weighted by Crippen LogP contribution is 2.47. The molecule has 0 unspecified atom stereocenters. The van der Waals surface area contributed by atoms with Gasteiger partial charge in [0.2, 0.25) is 6.71 Å². The summed E-state index contributed by atoms with van der Waals surface area (Å²) in [5.74, 6) is 0.613. The normalized spacial score (nSPS) is 12.2. The molecule has 7 aromatic rings. The van der Waals surface area contributed by atoms with E-state index in [2.05, 4.69) is 210 Å². The van der Waals surface area contributed by atoms with Crippen LogP contribution in [0.2, 0.25) is 0 Å². The molecule has 55 heavy (non-hydrogen) atoms. The molecule has 1 heterocycles. The molecule has 8 rings (SSSR count). The van der Waals surface area contributed by atoms with Crippen LogP contribution in [0, 0.1) is 0 Å². The predicted octanol–water partition coefficient (Wildman–Crippen LogP) is 10.2. The van der Waals surface area contributed by atoms with E-state index < -0.39 is 7.69 Å². The molecule has 270 valence electrons. The Bertz CT molecular complexity index is 2350. The SMILES string of the molecule is CC(C)(C)c1ccc2c(c1)-c1cc(C(C)(C)C)ccc1B2c1cc(OBO)cc(N(c2ccccc2)c2c(-c3ccccc3)cccc2-c2ccccc2)c1. The van der Waals surface area contributed by atoms with E-state index in [-0.39, 0.29) is 17.5 Å². The second-order valence-electron chi connectivity index (χ2n) is 16.7. The second kappa shape index (κ2) is 14.5. The van der Waals surface area contributed by atoms with Crippen molar-refractivity contribution in [1.82, 2.24) is 0 Å². The number of rotatable bonds is 8. The number of fused-ring (bicyclic) bond motifs is 3. The average Bonchev–Trinajstić information content (AvgIpc) is 3.52. The first-order chi connectivity index (χ1) is 26.5. The van der Waals surface area contributed by atoms with Gasteiger partial charge < -0.3 is 14.6 Å². The molecule has 0 saturated heterocycles. The Kier molecular flexibility index (Phi) is 9.53. The zero-order chi connectivity index (χ0) is 38.3. The van der Waals surface area contributed by atoms with Crippen molar-refractivity contribution in [2.45, 2.75) is 52.4 Å². The smallest absolute Gasteiger partial charge is 0.504 e. The van der Waals surface area contributed by atoms with Crippen LogP contribution in [0.15, 0.2) is 164 Å². The van der Waals surface area contributed by atoms with E-state index in [0.29, 0.717) is 5.75 Å². The van der Waals surface area contributed by atoms with E-state index in [0.717, 1.165) is 44.8 Å². The van der Waals surface area contributed by atoms with Gasteiger partial charge >= 0.3 is 7.69 Å². The maximum atomic E-state index is 10.2. The van der Waals surface area contributed by atoms with E-state index in [1.807, 2.05) is 0 Å². The van der Waals surface area contributed by atoms with E-state index in [9.17, 15) is 5.02 Å². The molecule has 0 aliphatic carbocycles. The average molecular weight is 716 g/mol. The van der Waals surface area contributed by atoms with E-state index in [1.165, 1.54) is 33.2 Å². The fourth-order valence-corrected chi connectivity index (χ4v) is 8.07. The maximum absolute atomic E-state index is 10.2. The topological polar surface area (TPSA) is 32.7 Å². The molecule has 0 aromatic heterocycles. The molecule has 5 heteroatoms. The summed E-state index contributed by atoms with van der Waals surface area (Å²) in [7, 11) is -0.425. The minimum atomic E-state index is -0.425. The van der Waals surface area contributed by atoms with Crippen molar-refractivity contribution in [3.8, 4) is 39.1 Å². The molecule has 0 radical (unpaired) electrons. The standard InChI is InChI=1S/C50H47B2NO2/c1-49(2,3)36-25-27-46-44(29-36)45-30-37(50(4,5)6)26-28-47(45)52(46)38-31-40(33-41(32-38)55-51-54)53(39-21-14-9-15-22-39)48-42(34-17-10-7-11-18-34)23-16-24-43(48)35-19-12-8-13-20-35/h7-33,51,54H,1-6H3. The Balaban J connectivity index is 1.41. The first-order valence-electron chi connectivity index (χ1n) is 19.3. The van der Waals surface area contributed by atoms with Gasteiger partial charge in [-0.15, -0.1) is 0 Å². The van der Waals surface area contributed by atoms with Crippen LogP contribution in [-0.4, -0.2) is 19.4 Å². The quantitative estimate of drug-likeness (QED) is 0.159. The minimum absolute atomic E-state index is 0.00968. The van der Waals surface area contributed by atoms with Crippen LogP contribution in [-0.2, 0) is 10.8 Å². The number of para-hydroxylation sites is 2. The van der Waals surface area contributed by atoms with Crippen molar-refractivity contribution >= 4 is 47.8 Å². The van der Waals surface area contributed by atoms with Crippen LogP contribution in [0.3, 0.4) is 0 Å². The van der Waals surface area contributed by atoms with Crippen LogP contribution < -0.4 is 25.9 Å². The van der Waals surface area contributed by atoms with Gasteiger partial charge in [0.1, 0.15) is 5.75 Å². The highest BCUT2D eigenvalue weighted by Gasteiger charge is 2.36. The number of anilines is 3. The molecule has 0 amide bonds. The second-order valence-corrected chi connectivity index (χ2v) is 16.7. The van der Waals surface area contributed by atoms with Gasteiger partial charge in [-0.2, -0.15) is 0 Å². The van der Waals surface area contributed by atoms with E-state index in [4.69, 9.17) is 4.65 Å². The van der Waals surface area contributed by atoms with Gasteiger partial charge in [-0.05, 0) is 68.5 Å². The van der Waals surface area contributed by atoms with Crippen LogP contribution in [0.1, 0.15) is 52.7 Å². The fourth-order valence-electron chi connectivity index (χ4n) is 8.07.